The quantitative estimate of drug-likeness (QED) is 0.690. The van der Waals surface area contributed by atoms with Crippen molar-refractivity contribution < 1.29 is 0 Å². The van der Waals surface area contributed by atoms with Crippen molar-refractivity contribution in [1.29, 1.82) is 0 Å². The first-order valence-corrected chi connectivity index (χ1v) is 7.67. The molecule has 0 fully saturated rings. The number of nitrogens with zero attached hydrogens (tertiary/aromatic N) is 1. The van der Waals surface area contributed by atoms with Gasteiger partial charge in [0.05, 0.1) is 0 Å². The number of benzene rings is 1. The summed E-state index contributed by atoms with van der Waals surface area (Å²) in [5.74, 6) is 0. The van der Waals surface area contributed by atoms with Gasteiger partial charge in [-0.25, -0.2) is 0 Å². The average molecular weight is 283 g/mol. The van der Waals surface area contributed by atoms with Crippen LogP contribution in [0.1, 0.15) is 38.7 Å². The standard InChI is InChI=1S/C16H27ClN2/c1-4-11-18-12-7-8-14(2)19(3)13-15-9-5-6-10-16(15)17/h5-6,9-10,14,18H,4,7-8,11-13H2,1-3H3. The molecule has 1 rings (SSSR count). The summed E-state index contributed by atoms with van der Waals surface area (Å²) in [6, 6.07) is 8.68. The second-order valence-electron chi connectivity index (χ2n) is 5.25. The van der Waals surface area contributed by atoms with Crippen LogP contribution in [0.15, 0.2) is 24.3 Å². The van der Waals surface area contributed by atoms with Crippen molar-refractivity contribution in [3.63, 3.8) is 0 Å². The SMILES string of the molecule is CCCNCCCC(C)N(C)Cc1ccccc1Cl. The molecule has 19 heavy (non-hydrogen) atoms. The molecule has 0 aliphatic heterocycles. The zero-order chi connectivity index (χ0) is 14.1. The van der Waals surface area contributed by atoms with Gasteiger partial charge < -0.3 is 5.32 Å². The molecule has 1 unspecified atom stereocenters. The highest BCUT2D eigenvalue weighted by molar-refractivity contribution is 6.31. The van der Waals surface area contributed by atoms with Gasteiger partial charge >= 0.3 is 0 Å². The molecular formula is C16H27ClN2. The summed E-state index contributed by atoms with van der Waals surface area (Å²) in [5, 5.41) is 4.32. The summed E-state index contributed by atoms with van der Waals surface area (Å²) in [6.45, 7) is 7.66. The maximum atomic E-state index is 6.20. The van der Waals surface area contributed by atoms with Gasteiger partial charge in [-0.3, -0.25) is 4.90 Å². The average Bonchev–Trinajstić information content (AvgIpc) is 2.41. The second-order valence-corrected chi connectivity index (χ2v) is 5.65. The van der Waals surface area contributed by atoms with Crippen molar-refractivity contribution in [3.05, 3.63) is 34.9 Å². The van der Waals surface area contributed by atoms with Crippen LogP contribution < -0.4 is 5.32 Å². The fraction of sp³-hybridized carbons (Fsp3) is 0.625. The van der Waals surface area contributed by atoms with Crippen LogP contribution in [-0.4, -0.2) is 31.1 Å². The van der Waals surface area contributed by atoms with Crippen molar-refractivity contribution in [3.8, 4) is 0 Å². The van der Waals surface area contributed by atoms with E-state index in [2.05, 4.69) is 37.2 Å². The van der Waals surface area contributed by atoms with E-state index in [-0.39, 0.29) is 0 Å². The molecule has 0 spiro atoms. The highest BCUT2D eigenvalue weighted by atomic mass is 35.5. The summed E-state index contributed by atoms with van der Waals surface area (Å²) in [6.07, 6.45) is 3.66. The van der Waals surface area contributed by atoms with Gasteiger partial charge in [-0.05, 0) is 58.0 Å². The Morgan fingerprint density at radius 1 is 1.26 bits per heavy atom. The smallest absolute Gasteiger partial charge is 0.0451 e. The van der Waals surface area contributed by atoms with Crippen LogP contribution in [0.4, 0.5) is 0 Å². The molecule has 1 aromatic rings. The lowest BCUT2D eigenvalue weighted by molar-refractivity contribution is 0.234. The zero-order valence-corrected chi connectivity index (χ0v) is 13.2. The van der Waals surface area contributed by atoms with Crippen LogP contribution in [0.25, 0.3) is 0 Å². The van der Waals surface area contributed by atoms with Gasteiger partial charge in [0, 0.05) is 17.6 Å². The van der Waals surface area contributed by atoms with Crippen LogP contribution in [0.2, 0.25) is 5.02 Å². The Labute approximate surface area is 123 Å². The van der Waals surface area contributed by atoms with E-state index in [4.69, 9.17) is 11.6 Å². The van der Waals surface area contributed by atoms with E-state index in [9.17, 15) is 0 Å². The molecular weight excluding hydrogens is 256 g/mol. The largest absolute Gasteiger partial charge is 0.317 e. The van der Waals surface area contributed by atoms with E-state index in [0.717, 1.165) is 24.7 Å². The molecule has 0 aliphatic carbocycles. The van der Waals surface area contributed by atoms with E-state index < -0.39 is 0 Å². The van der Waals surface area contributed by atoms with Gasteiger partial charge in [0.2, 0.25) is 0 Å². The highest BCUT2D eigenvalue weighted by Gasteiger charge is 2.10. The molecule has 0 heterocycles. The summed E-state index contributed by atoms with van der Waals surface area (Å²) in [4.78, 5) is 2.38. The minimum Gasteiger partial charge on any atom is -0.317 e. The highest BCUT2D eigenvalue weighted by Crippen LogP contribution is 2.18. The summed E-state index contributed by atoms with van der Waals surface area (Å²) in [7, 11) is 2.17. The van der Waals surface area contributed by atoms with Gasteiger partial charge in [-0.1, -0.05) is 36.7 Å². The third kappa shape index (κ3) is 6.42. The summed E-state index contributed by atoms with van der Waals surface area (Å²) < 4.78 is 0. The first-order valence-electron chi connectivity index (χ1n) is 7.29. The third-order valence-electron chi connectivity index (χ3n) is 3.53. The molecule has 0 radical (unpaired) electrons. The molecule has 3 heteroatoms. The molecule has 0 amide bonds. The van der Waals surface area contributed by atoms with Crippen molar-refractivity contribution in [1.82, 2.24) is 10.2 Å². The molecule has 1 atom stereocenters. The molecule has 2 nitrogen and oxygen atoms in total. The van der Waals surface area contributed by atoms with Crippen LogP contribution in [-0.2, 0) is 6.54 Å². The topological polar surface area (TPSA) is 15.3 Å². The molecule has 0 saturated heterocycles. The Bertz CT molecular complexity index is 354. The Balaban J connectivity index is 2.28. The van der Waals surface area contributed by atoms with Crippen LogP contribution in [0, 0.1) is 0 Å². The predicted molar refractivity (Wildman–Crippen MR) is 84.8 cm³/mol. The maximum Gasteiger partial charge on any atom is 0.0451 e. The number of hydrogen-bond donors (Lipinski definition) is 1. The van der Waals surface area contributed by atoms with Gasteiger partial charge in [-0.2, -0.15) is 0 Å². The second kappa shape index (κ2) is 9.35. The molecule has 1 N–H and O–H groups in total. The molecule has 0 aliphatic rings. The molecule has 1 aromatic carbocycles. The minimum atomic E-state index is 0.583. The maximum absolute atomic E-state index is 6.20. The number of halogens is 1. The lowest BCUT2D eigenvalue weighted by atomic mass is 10.1. The summed E-state index contributed by atoms with van der Waals surface area (Å²) in [5.41, 5.74) is 1.21. The number of nitrogens with one attached hydrogen (secondary N) is 1. The fourth-order valence-electron chi connectivity index (χ4n) is 2.10. The van der Waals surface area contributed by atoms with Crippen LogP contribution in [0.3, 0.4) is 0 Å². The Kier molecular flexibility index (Phi) is 8.11. The van der Waals surface area contributed by atoms with E-state index in [1.165, 1.54) is 24.8 Å². The molecule has 0 bridgehead atoms. The molecule has 108 valence electrons. The normalized spacial score (nSPS) is 12.9. The Morgan fingerprint density at radius 3 is 2.68 bits per heavy atom. The Hall–Kier alpha value is -0.570. The first kappa shape index (κ1) is 16.5. The lowest BCUT2D eigenvalue weighted by Gasteiger charge is -2.25. The molecule has 0 saturated carbocycles. The van der Waals surface area contributed by atoms with E-state index in [1.807, 2.05) is 18.2 Å². The minimum absolute atomic E-state index is 0.583. The summed E-state index contributed by atoms with van der Waals surface area (Å²) >= 11 is 6.20. The van der Waals surface area contributed by atoms with Crippen molar-refractivity contribution in [2.45, 2.75) is 45.7 Å². The first-order chi connectivity index (χ1) is 9.15. The van der Waals surface area contributed by atoms with Crippen LogP contribution in [0.5, 0.6) is 0 Å². The monoisotopic (exact) mass is 282 g/mol. The predicted octanol–water partition coefficient (Wildman–Crippen LogP) is 3.94. The van der Waals surface area contributed by atoms with Crippen molar-refractivity contribution >= 4 is 11.6 Å². The number of hydrogen-bond acceptors (Lipinski definition) is 2. The van der Waals surface area contributed by atoms with Gasteiger partial charge in [0.25, 0.3) is 0 Å². The van der Waals surface area contributed by atoms with Crippen LogP contribution >= 0.6 is 11.6 Å². The van der Waals surface area contributed by atoms with Gasteiger partial charge in [0.15, 0.2) is 0 Å². The van der Waals surface area contributed by atoms with Crippen molar-refractivity contribution in [2.24, 2.45) is 0 Å². The van der Waals surface area contributed by atoms with E-state index in [0.29, 0.717) is 6.04 Å². The Morgan fingerprint density at radius 2 is 2.00 bits per heavy atom. The van der Waals surface area contributed by atoms with E-state index in [1.54, 1.807) is 0 Å². The third-order valence-corrected chi connectivity index (χ3v) is 3.90. The lowest BCUT2D eigenvalue weighted by Crippen LogP contribution is -2.29. The van der Waals surface area contributed by atoms with Gasteiger partial charge in [-0.15, -0.1) is 0 Å². The molecule has 0 aromatic heterocycles. The zero-order valence-electron chi connectivity index (χ0n) is 12.5. The van der Waals surface area contributed by atoms with E-state index >= 15 is 0 Å². The van der Waals surface area contributed by atoms with Gasteiger partial charge in [0.1, 0.15) is 0 Å². The fourth-order valence-corrected chi connectivity index (χ4v) is 2.29. The number of rotatable bonds is 9. The van der Waals surface area contributed by atoms with Crippen molar-refractivity contribution in [2.75, 3.05) is 20.1 Å².